The molecular weight excluding hydrogens is 356 g/mol. The molecule has 6 nitrogen and oxygen atoms in total. The highest BCUT2D eigenvalue weighted by Crippen LogP contribution is 2.38. The van der Waals surface area contributed by atoms with Crippen molar-refractivity contribution in [1.29, 1.82) is 0 Å². The van der Waals surface area contributed by atoms with Crippen molar-refractivity contribution in [3.63, 3.8) is 0 Å². The number of methoxy groups -OCH3 is 2. The Morgan fingerprint density at radius 2 is 1.57 bits per heavy atom. The number of ether oxygens (including phenoxy) is 2. The first-order valence-electron chi connectivity index (χ1n) is 8.69. The summed E-state index contributed by atoms with van der Waals surface area (Å²) < 4.78 is 9.70. The molecule has 0 radical (unpaired) electrons. The van der Waals surface area contributed by atoms with Gasteiger partial charge in [-0.1, -0.05) is 36.4 Å². The van der Waals surface area contributed by atoms with Crippen molar-refractivity contribution >= 4 is 39.3 Å². The van der Waals surface area contributed by atoms with Crippen molar-refractivity contribution in [3.8, 4) is 11.3 Å². The van der Waals surface area contributed by atoms with Crippen molar-refractivity contribution in [1.82, 2.24) is 9.97 Å². The molecule has 140 valence electrons. The quantitative estimate of drug-likeness (QED) is 0.417. The Bertz CT molecular complexity index is 1230. The van der Waals surface area contributed by atoms with Gasteiger partial charge in [-0.2, -0.15) is 0 Å². The molecule has 4 aromatic rings. The highest BCUT2D eigenvalue weighted by atomic mass is 16.5. The Morgan fingerprint density at radius 1 is 0.893 bits per heavy atom. The van der Waals surface area contributed by atoms with Crippen LogP contribution in [0.4, 0.5) is 0 Å². The first-order valence-corrected chi connectivity index (χ1v) is 8.69. The van der Waals surface area contributed by atoms with E-state index in [1.165, 1.54) is 20.3 Å². The summed E-state index contributed by atoms with van der Waals surface area (Å²) in [6.45, 7) is 0. The number of carbonyl (C=O) groups excluding carboxylic acids is 2. The minimum atomic E-state index is -0.629. The molecule has 0 amide bonds. The number of para-hydroxylation sites is 2. The second-order valence-corrected chi connectivity index (χ2v) is 6.24. The van der Waals surface area contributed by atoms with Crippen LogP contribution in [-0.4, -0.2) is 36.1 Å². The van der Waals surface area contributed by atoms with Crippen molar-refractivity contribution in [3.05, 3.63) is 66.4 Å². The summed E-state index contributed by atoms with van der Waals surface area (Å²) in [5.41, 5.74) is 4.15. The number of hydrogen-bond donors (Lipinski definition) is 2. The number of carbonyl (C=O) groups is 2. The van der Waals surface area contributed by atoms with E-state index in [1.807, 2.05) is 54.7 Å². The number of nitrogens with one attached hydrogen (secondary N) is 2. The third-order valence-corrected chi connectivity index (χ3v) is 4.70. The zero-order valence-corrected chi connectivity index (χ0v) is 15.4. The van der Waals surface area contributed by atoms with E-state index in [4.69, 9.17) is 9.47 Å². The normalized spacial score (nSPS) is 11.7. The molecule has 0 aliphatic carbocycles. The molecule has 0 bridgehead atoms. The van der Waals surface area contributed by atoms with Gasteiger partial charge in [0, 0.05) is 45.2 Å². The van der Waals surface area contributed by atoms with Gasteiger partial charge in [-0.15, -0.1) is 0 Å². The number of rotatable bonds is 4. The summed E-state index contributed by atoms with van der Waals surface area (Å²) in [7, 11) is 2.55. The lowest BCUT2D eigenvalue weighted by atomic mass is 9.97. The Kier molecular flexibility index (Phi) is 4.45. The number of aromatic nitrogens is 2. The standard InChI is InChI=1S/C22H18N2O4/c1-27-19(25)11-15(22(26)28-2)20-14-8-4-6-10-18(14)24-21(20)16-12-23-17-9-5-3-7-13(16)17/h3-12,23-24H,1-2H3/b15-11-. The van der Waals surface area contributed by atoms with Crippen LogP contribution in [0.1, 0.15) is 5.56 Å². The fourth-order valence-corrected chi connectivity index (χ4v) is 3.42. The van der Waals surface area contributed by atoms with Crippen LogP contribution in [0.2, 0.25) is 0 Å². The first kappa shape index (κ1) is 17.6. The molecule has 0 aliphatic heterocycles. The predicted molar refractivity (Wildman–Crippen MR) is 108 cm³/mol. The van der Waals surface area contributed by atoms with Gasteiger partial charge in [0.1, 0.15) is 0 Å². The third-order valence-electron chi connectivity index (χ3n) is 4.70. The maximum absolute atomic E-state index is 12.6. The molecule has 2 N–H and O–H groups in total. The number of esters is 2. The molecule has 0 spiro atoms. The van der Waals surface area contributed by atoms with Crippen molar-refractivity contribution in [2.45, 2.75) is 0 Å². The third kappa shape index (κ3) is 2.85. The zero-order valence-electron chi connectivity index (χ0n) is 15.4. The lowest BCUT2D eigenvalue weighted by Crippen LogP contribution is -2.08. The van der Waals surface area contributed by atoms with Crippen LogP contribution in [0.5, 0.6) is 0 Å². The van der Waals surface area contributed by atoms with Crippen molar-refractivity contribution < 1.29 is 19.1 Å². The highest BCUT2D eigenvalue weighted by Gasteiger charge is 2.24. The summed E-state index contributed by atoms with van der Waals surface area (Å²) in [5.74, 6) is -1.24. The van der Waals surface area contributed by atoms with Gasteiger partial charge in [-0.25, -0.2) is 9.59 Å². The van der Waals surface area contributed by atoms with Crippen LogP contribution in [-0.2, 0) is 19.1 Å². The largest absolute Gasteiger partial charge is 0.466 e. The van der Waals surface area contributed by atoms with Gasteiger partial charge in [-0.3, -0.25) is 0 Å². The Balaban J connectivity index is 2.07. The summed E-state index contributed by atoms with van der Waals surface area (Å²) in [4.78, 5) is 31.2. The van der Waals surface area contributed by atoms with Crippen molar-refractivity contribution in [2.24, 2.45) is 0 Å². The average Bonchev–Trinajstić information content (AvgIpc) is 3.32. The smallest absolute Gasteiger partial charge is 0.338 e. The highest BCUT2D eigenvalue weighted by molar-refractivity contribution is 6.26. The predicted octanol–water partition coefficient (Wildman–Crippen LogP) is 4.05. The molecule has 2 aromatic carbocycles. The molecule has 4 rings (SSSR count). The minimum absolute atomic E-state index is 0.132. The summed E-state index contributed by atoms with van der Waals surface area (Å²) in [6, 6.07) is 15.5. The monoisotopic (exact) mass is 374 g/mol. The maximum atomic E-state index is 12.6. The van der Waals surface area contributed by atoms with Gasteiger partial charge < -0.3 is 19.4 Å². The summed E-state index contributed by atoms with van der Waals surface area (Å²) >= 11 is 0. The second kappa shape index (κ2) is 7.08. The zero-order chi connectivity index (χ0) is 19.7. The molecule has 28 heavy (non-hydrogen) atoms. The van der Waals surface area contributed by atoms with Gasteiger partial charge in [-0.05, 0) is 12.1 Å². The van der Waals surface area contributed by atoms with E-state index in [-0.39, 0.29) is 5.57 Å². The first-order chi connectivity index (χ1) is 13.6. The molecule has 2 aromatic heterocycles. The molecule has 6 heteroatoms. The molecule has 0 saturated heterocycles. The lowest BCUT2D eigenvalue weighted by Gasteiger charge is -2.08. The lowest BCUT2D eigenvalue weighted by molar-refractivity contribution is -0.136. The summed E-state index contributed by atoms with van der Waals surface area (Å²) in [6.07, 6.45) is 3.05. The molecule has 0 aliphatic rings. The number of hydrogen-bond acceptors (Lipinski definition) is 4. The minimum Gasteiger partial charge on any atom is -0.466 e. The van der Waals surface area contributed by atoms with Gasteiger partial charge in [0.2, 0.25) is 0 Å². The topological polar surface area (TPSA) is 84.2 Å². The van der Waals surface area contributed by atoms with Gasteiger partial charge >= 0.3 is 11.9 Å². The maximum Gasteiger partial charge on any atom is 0.338 e. The van der Waals surface area contributed by atoms with E-state index < -0.39 is 11.9 Å². The van der Waals surface area contributed by atoms with E-state index >= 15 is 0 Å². The van der Waals surface area contributed by atoms with E-state index in [1.54, 1.807) is 0 Å². The average molecular weight is 374 g/mol. The van der Waals surface area contributed by atoms with E-state index in [2.05, 4.69) is 9.97 Å². The van der Waals surface area contributed by atoms with Crippen LogP contribution >= 0.6 is 0 Å². The summed E-state index contributed by atoms with van der Waals surface area (Å²) in [5, 5.41) is 1.81. The van der Waals surface area contributed by atoms with E-state index in [0.29, 0.717) is 5.56 Å². The van der Waals surface area contributed by atoms with Crippen LogP contribution in [0.3, 0.4) is 0 Å². The Morgan fingerprint density at radius 3 is 2.29 bits per heavy atom. The SMILES string of the molecule is COC(=O)/C=C(\C(=O)OC)c1c(-c2c[nH]c3ccccc23)[nH]c2ccccc12. The van der Waals surface area contributed by atoms with Crippen LogP contribution < -0.4 is 0 Å². The molecule has 0 saturated carbocycles. The fourth-order valence-electron chi connectivity index (χ4n) is 3.42. The van der Waals surface area contributed by atoms with Crippen LogP contribution in [0, 0.1) is 0 Å². The van der Waals surface area contributed by atoms with E-state index in [0.717, 1.165) is 33.1 Å². The number of H-pyrrole nitrogens is 2. The molecule has 0 unspecified atom stereocenters. The van der Waals surface area contributed by atoms with E-state index in [9.17, 15) is 9.59 Å². The molecule has 0 atom stereocenters. The van der Waals surface area contributed by atoms with Crippen LogP contribution in [0.25, 0.3) is 38.6 Å². The Labute approximate surface area is 160 Å². The van der Waals surface area contributed by atoms with Gasteiger partial charge in [0.25, 0.3) is 0 Å². The fraction of sp³-hybridized carbons (Fsp3) is 0.0909. The number of fused-ring (bicyclic) bond motifs is 2. The van der Waals surface area contributed by atoms with Gasteiger partial charge in [0.05, 0.1) is 25.5 Å². The Hall–Kier alpha value is -3.80. The number of aromatic amines is 2. The number of benzene rings is 2. The van der Waals surface area contributed by atoms with Gasteiger partial charge in [0.15, 0.2) is 0 Å². The molecule has 0 fully saturated rings. The molecule has 2 heterocycles. The second-order valence-electron chi connectivity index (χ2n) is 6.24. The van der Waals surface area contributed by atoms with Crippen LogP contribution in [0.15, 0.2) is 60.8 Å². The van der Waals surface area contributed by atoms with Crippen molar-refractivity contribution in [2.75, 3.05) is 14.2 Å². The molecular formula is C22H18N2O4.